The lowest BCUT2D eigenvalue weighted by molar-refractivity contribution is 0.102. The van der Waals surface area contributed by atoms with Crippen LogP contribution in [-0.4, -0.2) is 30.2 Å². The van der Waals surface area contributed by atoms with Gasteiger partial charge in [0, 0.05) is 37.1 Å². The Morgan fingerprint density at radius 1 is 1.11 bits per heavy atom. The van der Waals surface area contributed by atoms with E-state index in [0.29, 0.717) is 18.2 Å². The van der Waals surface area contributed by atoms with Crippen molar-refractivity contribution in [1.29, 1.82) is 0 Å². The third kappa shape index (κ3) is 3.64. The predicted octanol–water partition coefficient (Wildman–Crippen LogP) is 3.70. The van der Waals surface area contributed by atoms with Crippen LogP contribution < -0.4 is 5.32 Å². The van der Waals surface area contributed by atoms with Gasteiger partial charge in [-0.3, -0.25) is 19.8 Å². The van der Waals surface area contributed by atoms with Crippen molar-refractivity contribution in [3.8, 4) is 0 Å². The van der Waals surface area contributed by atoms with Gasteiger partial charge in [-0.05, 0) is 44.2 Å². The molecule has 0 aliphatic rings. The van der Waals surface area contributed by atoms with Crippen molar-refractivity contribution in [2.75, 3.05) is 5.32 Å². The summed E-state index contributed by atoms with van der Waals surface area (Å²) in [6.07, 6.45) is 4.34. The maximum atomic E-state index is 12.7. The molecule has 0 saturated carbocycles. The van der Waals surface area contributed by atoms with E-state index in [1.165, 1.54) is 0 Å². The number of anilines is 1. The summed E-state index contributed by atoms with van der Waals surface area (Å²) in [4.78, 5) is 21.7. The average Bonchev–Trinajstić information content (AvgIpc) is 3.32. The van der Waals surface area contributed by atoms with Crippen LogP contribution in [0.25, 0.3) is 11.0 Å². The van der Waals surface area contributed by atoms with Gasteiger partial charge in [0.05, 0.1) is 11.0 Å². The van der Waals surface area contributed by atoms with E-state index in [2.05, 4.69) is 20.4 Å². The number of pyridine rings is 1. The highest BCUT2D eigenvalue weighted by Crippen LogP contribution is 2.21. The number of aryl methyl sites for hydroxylation is 2. The van der Waals surface area contributed by atoms with E-state index in [-0.39, 0.29) is 11.9 Å². The zero-order valence-electron chi connectivity index (χ0n) is 15.9. The van der Waals surface area contributed by atoms with Crippen molar-refractivity contribution in [2.45, 2.75) is 32.9 Å². The third-order valence-electron chi connectivity index (χ3n) is 4.57. The summed E-state index contributed by atoms with van der Waals surface area (Å²) in [5.41, 5.74) is 3.18. The van der Waals surface area contributed by atoms with Crippen molar-refractivity contribution < 1.29 is 4.79 Å². The number of hydrogen-bond acceptors (Lipinski definition) is 4. The first kappa shape index (κ1) is 17.9. The van der Waals surface area contributed by atoms with Crippen molar-refractivity contribution in [1.82, 2.24) is 24.3 Å². The molecule has 4 rings (SSSR count). The van der Waals surface area contributed by atoms with Crippen LogP contribution in [0.2, 0.25) is 0 Å². The second-order valence-corrected chi connectivity index (χ2v) is 6.88. The van der Waals surface area contributed by atoms with Crippen LogP contribution in [0, 0.1) is 0 Å². The van der Waals surface area contributed by atoms with E-state index in [4.69, 9.17) is 0 Å². The summed E-state index contributed by atoms with van der Waals surface area (Å²) < 4.78 is 3.78. The fourth-order valence-corrected chi connectivity index (χ4v) is 3.08. The highest BCUT2D eigenvalue weighted by atomic mass is 16.2. The van der Waals surface area contributed by atoms with Crippen LogP contribution in [0.1, 0.15) is 36.1 Å². The molecule has 3 heterocycles. The molecule has 0 unspecified atom stereocenters. The van der Waals surface area contributed by atoms with Gasteiger partial charge in [-0.25, -0.2) is 4.98 Å². The summed E-state index contributed by atoms with van der Waals surface area (Å²) in [6, 6.07) is 15.6. The van der Waals surface area contributed by atoms with E-state index in [1.807, 2.05) is 67.1 Å². The molecule has 0 bridgehead atoms. The highest BCUT2D eigenvalue weighted by molar-refractivity contribution is 6.02. The van der Waals surface area contributed by atoms with Gasteiger partial charge in [0.15, 0.2) is 5.69 Å². The molecule has 0 fully saturated rings. The highest BCUT2D eigenvalue weighted by Gasteiger charge is 2.16. The Balaban J connectivity index is 1.61. The van der Waals surface area contributed by atoms with Crippen LogP contribution in [0.15, 0.2) is 60.9 Å². The molecule has 0 aliphatic carbocycles. The van der Waals surface area contributed by atoms with Crippen molar-refractivity contribution in [3.63, 3.8) is 0 Å². The Morgan fingerprint density at radius 2 is 1.93 bits per heavy atom. The zero-order valence-corrected chi connectivity index (χ0v) is 15.9. The summed E-state index contributed by atoms with van der Waals surface area (Å²) in [6.45, 7) is 4.70. The average molecular weight is 374 g/mol. The van der Waals surface area contributed by atoms with Crippen LogP contribution in [0.5, 0.6) is 0 Å². The van der Waals surface area contributed by atoms with Gasteiger partial charge in [-0.15, -0.1) is 0 Å². The SMILES string of the molecule is CC(C)n1ccc(C(=O)Nc2nc3ccccc3n2CCc2ccccn2)n1. The van der Waals surface area contributed by atoms with E-state index >= 15 is 0 Å². The number of carbonyl (C=O) groups excluding carboxylic acids is 1. The Labute approximate surface area is 163 Å². The molecule has 0 saturated heterocycles. The van der Waals surface area contributed by atoms with E-state index in [1.54, 1.807) is 16.9 Å². The first-order valence-corrected chi connectivity index (χ1v) is 9.33. The third-order valence-corrected chi connectivity index (χ3v) is 4.57. The Bertz CT molecular complexity index is 1100. The molecule has 0 atom stereocenters. The largest absolute Gasteiger partial charge is 0.310 e. The Kier molecular flexibility index (Phi) is 4.89. The first-order valence-electron chi connectivity index (χ1n) is 9.33. The van der Waals surface area contributed by atoms with E-state index in [0.717, 1.165) is 23.1 Å². The molecule has 1 N–H and O–H groups in total. The maximum Gasteiger partial charge on any atom is 0.278 e. The van der Waals surface area contributed by atoms with Crippen LogP contribution >= 0.6 is 0 Å². The molecule has 28 heavy (non-hydrogen) atoms. The van der Waals surface area contributed by atoms with Crippen LogP contribution in [-0.2, 0) is 13.0 Å². The van der Waals surface area contributed by atoms with Crippen molar-refractivity contribution >= 4 is 22.9 Å². The number of para-hydroxylation sites is 2. The lowest BCUT2D eigenvalue weighted by Crippen LogP contribution is -2.18. The van der Waals surface area contributed by atoms with Gasteiger partial charge in [-0.2, -0.15) is 5.10 Å². The van der Waals surface area contributed by atoms with Gasteiger partial charge in [0.2, 0.25) is 5.95 Å². The van der Waals surface area contributed by atoms with Crippen LogP contribution in [0.3, 0.4) is 0 Å². The molecule has 1 aromatic carbocycles. The second-order valence-electron chi connectivity index (χ2n) is 6.88. The maximum absolute atomic E-state index is 12.7. The molecule has 0 radical (unpaired) electrons. The molecule has 7 heteroatoms. The predicted molar refractivity (Wildman–Crippen MR) is 108 cm³/mol. The summed E-state index contributed by atoms with van der Waals surface area (Å²) in [5, 5.41) is 7.26. The van der Waals surface area contributed by atoms with E-state index in [9.17, 15) is 4.79 Å². The molecular weight excluding hydrogens is 352 g/mol. The monoisotopic (exact) mass is 374 g/mol. The molecule has 0 aliphatic heterocycles. The number of nitrogens with one attached hydrogen (secondary N) is 1. The number of nitrogens with zero attached hydrogens (tertiary/aromatic N) is 5. The summed E-state index contributed by atoms with van der Waals surface area (Å²) in [5.74, 6) is 0.245. The molecular formula is C21H22N6O. The first-order chi connectivity index (χ1) is 13.6. The second kappa shape index (κ2) is 7.64. The molecule has 1 amide bonds. The normalized spacial score (nSPS) is 11.2. The summed E-state index contributed by atoms with van der Waals surface area (Å²) in [7, 11) is 0. The molecule has 0 spiro atoms. The standard InChI is InChI=1S/C21H22N6O/c1-15(2)27-14-11-18(25-27)20(28)24-21-23-17-8-3-4-9-19(17)26(21)13-10-16-7-5-6-12-22-16/h3-9,11-12,14-15H,10,13H2,1-2H3,(H,23,24,28). The molecule has 3 aromatic heterocycles. The number of hydrogen-bond donors (Lipinski definition) is 1. The zero-order chi connectivity index (χ0) is 19.5. The lowest BCUT2D eigenvalue weighted by atomic mass is 10.2. The molecule has 7 nitrogen and oxygen atoms in total. The number of imidazole rings is 1. The smallest absolute Gasteiger partial charge is 0.278 e. The topological polar surface area (TPSA) is 77.6 Å². The minimum absolute atomic E-state index is 0.199. The minimum Gasteiger partial charge on any atom is -0.310 e. The number of aromatic nitrogens is 5. The number of carbonyl (C=O) groups is 1. The number of fused-ring (bicyclic) bond motifs is 1. The van der Waals surface area contributed by atoms with Crippen molar-refractivity contribution in [3.05, 3.63) is 72.3 Å². The fraction of sp³-hybridized carbons (Fsp3) is 0.238. The number of rotatable bonds is 6. The number of benzene rings is 1. The molecule has 4 aromatic rings. The molecule has 142 valence electrons. The van der Waals surface area contributed by atoms with Gasteiger partial charge in [-0.1, -0.05) is 18.2 Å². The van der Waals surface area contributed by atoms with Gasteiger partial charge in [0.1, 0.15) is 0 Å². The van der Waals surface area contributed by atoms with Gasteiger partial charge >= 0.3 is 0 Å². The quantitative estimate of drug-likeness (QED) is 0.558. The number of amides is 1. The Morgan fingerprint density at radius 3 is 2.68 bits per heavy atom. The minimum atomic E-state index is -0.270. The summed E-state index contributed by atoms with van der Waals surface area (Å²) >= 11 is 0. The van der Waals surface area contributed by atoms with Gasteiger partial charge < -0.3 is 4.57 Å². The fourth-order valence-electron chi connectivity index (χ4n) is 3.08. The Hall–Kier alpha value is -3.48. The van der Waals surface area contributed by atoms with Crippen molar-refractivity contribution in [2.24, 2.45) is 0 Å². The van der Waals surface area contributed by atoms with E-state index < -0.39 is 0 Å². The lowest BCUT2D eigenvalue weighted by Gasteiger charge is -2.09. The van der Waals surface area contributed by atoms with Crippen LogP contribution in [0.4, 0.5) is 5.95 Å². The van der Waals surface area contributed by atoms with Gasteiger partial charge in [0.25, 0.3) is 5.91 Å².